The number of carbonyl (C=O) groups excluding carboxylic acids is 3. The molecule has 0 spiro atoms. The van der Waals surface area contributed by atoms with Crippen molar-refractivity contribution < 1.29 is 14.4 Å². The first-order valence-electron chi connectivity index (χ1n) is 16.4. The van der Waals surface area contributed by atoms with Gasteiger partial charge in [-0.05, 0) is 35.5 Å². The van der Waals surface area contributed by atoms with Crippen LogP contribution >= 0.6 is 0 Å². The maximum Gasteiger partial charge on any atom is 0.224 e. The second-order valence-corrected chi connectivity index (χ2v) is 12.3. The number of amides is 3. The molecular weight excluding hydrogens is 486 g/mol. The summed E-state index contributed by atoms with van der Waals surface area (Å²) in [5, 5.41) is 9.20. The molecule has 0 aliphatic heterocycles. The van der Waals surface area contributed by atoms with Gasteiger partial charge in [0.15, 0.2) is 0 Å². The van der Waals surface area contributed by atoms with Gasteiger partial charge in [0.2, 0.25) is 17.7 Å². The topological polar surface area (TPSA) is 87.3 Å². The van der Waals surface area contributed by atoms with Crippen LogP contribution in [-0.2, 0) is 14.4 Å². The highest BCUT2D eigenvalue weighted by Gasteiger charge is 2.27. The number of hydrogen-bond acceptors (Lipinski definition) is 3. The van der Waals surface area contributed by atoms with Crippen LogP contribution < -0.4 is 16.0 Å². The molecule has 0 aliphatic carbocycles. The van der Waals surface area contributed by atoms with Gasteiger partial charge in [-0.3, -0.25) is 14.4 Å². The molecule has 0 aromatic rings. The van der Waals surface area contributed by atoms with Crippen LogP contribution in [0.3, 0.4) is 0 Å². The molecule has 6 heteroatoms. The largest absolute Gasteiger partial charge is 0.356 e. The Kier molecular flexibility index (Phi) is 21.2. The molecule has 0 saturated carbocycles. The molecule has 39 heavy (non-hydrogen) atoms. The fourth-order valence-electron chi connectivity index (χ4n) is 6.09. The summed E-state index contributed by atoms with van der Waals surface area (Å²) in [5.41, 5.74) is 0. The van der Waals surface area contributed by atoms with Crippen LogP contribution in [-0.4, -0.2) is 37.4 Å². The minimum Gasteiger partial charge on any atom is -0.356 e. The van der Waals surface area contributed by atoms with Crippen molar-refractivity contribution in [2.45, 2.75) is 133 Å². The molecule has 6 atom stereocenters. The molecule has 0 heterocycles. The lowest BCUT2D eigenvalue weighted by atomic mass is 9.87. The molecular formula is C33H65N3O3. The zero-order valence-electron chi connectivity index (χ0n) is 27.2. The predicted molar refractivity (Wildman–Crippen MR) is 165 cm³/mol. The van der Waals surface area contributed by atoms with E-state index in [0.29, 0.717) is 55.1 Å². The summed E-state index contributed by atoms with van der Waals surface area (Å²) in [5.74, 6) is 1.72. The summed E-state index contributed by atoms with van der Waals surface area (Å²) in [4.78, 5) is 39.1. The van der Waals surface area contributed by atoms with E-state index in [2.05, 4.69) is 78.3 Å². The molecule has 0 radical (unpaired) electrons. The van der Waals surface area contributed by atoms with Gasteiger partial charge in [-0.25, -0.2) is 0 Å². The molecule has 0 aliphatic rings. The number of carbonyl (C=O) groups is 3. The molecule has 0 bridgehead atoms. The van der Waals surface area contributed by atoms with Crippen molar-refractivity contribution in [1.29, 1.82) is 0 Å². The first-order valence-corrected chi connectivity index (χ1v) is 16.4. The average Bonchev–Trinajstić information content (AvgIpc) is 2.92. The zero-order chi connectivity index (χ0) is 29.8. The normalized spacial score (nSPS) is 16.8. The first kappa shape index (κ1) is 37.4. The SMILES string of the molecule is CCCC(CC)C(C)CNC(=O)CC(CC(=O)NCC(C)C(CC)CCC)C(=O)NCC(C)C(CC)CCC. The van der Waals surface area contributed by atoms with E-state index in [1.165, 1.54) is 0 Å². The number of hydrogen-bond donors (Lipinski definition) is 3. The lowest BCUT2D eigenvalue weighted by Crippen LogP contribution is -2.41. The van der Waals surface area contributed by atoms with E-state index >= 15 is 0 Å². The van der Waals surface area contributed by atoms with E-state index in [1.807, 2.05) is 0 Å². The lowest BCUT2D eigenvalue weighted by molar-refractivity contribution is -0.133. The predicted octanol–water partition coefficient (Wildman–Crippen LogP) is 7.12. The highest BCUT2D eigenvalue weighted by Crippen LogP contribution is 2.23. The van der Waals surface area contributed by atoms with Crippen molar-refractivity contribution in [2.75, 3.05) is 19.6 Å². The molecule has 3 amide bonds. The van der Waals surface area contributed by atoms with Gasteiger partial charge in [0.1, 0.15) is 0 Å². The minimum absolute atomic E-state index is 0.0417. The van der Waals surface area contributed by atoms with E-state index in [4.69, 9.17) is 0 Å². The fourth-order valence-corrected chi connectivity index (χ4v) is 6.09. The number of nitrogens with one attached hydrogen (secondary N) is 3. The summed E-state index contributed by atoms with van der Waals surface area (Å²) in [7, 11) is 0. The van der Waals surface area contributed by atoms with E-state index < -0.39 is 5.92 Å². The molecule has 0 aromatic heterocycles. The number of rotatable bonds is 23. The van der Waals surface area contributed by atoms with Crippen molar-refractivity contribution in [3.05, 3.63) is 0 Å². The van der Waals surface area contributed by atoms with Gasteiger partial charge in [-0.2, -0.15) is 0 Å². The van der Waals surface area contributed by atoms with Crippen LogP contribution in [0.5, 0.6) is 0 Å². The third-order valence-electron chi connectivity index (χ3n) is 9.04. The van der Waals surface area contributed by atoms with Crippen molar-refractivity contribution >= 4 is 17.7 Å². The maximum absolute atomic E-state index is 13.3. The second-order valence-electron chi connectivity index (χ2n) is 12.3. The fraction of sp³-hybridized carbons (Fsp3) is 0.909. The molecule has 6 unspecified atom stereocenters. The third-order valence-corrected chi connectivity index (χ3v) is 9.04. The van der Waals surface area contributed by atoms with Crippen molar-refractivity contribution in [2.24, 2.45) is 41.4 Å². The van der Waals surface area contributed by atoms with Crippen molar-refractivity contribution in [1.82, 2.24) is 16.0 Å². The second kappa shape index (κ2) is 22.1. The molecule has 230 valence electrons. The van der Waals surface area contributed by atoms with Crippen LogP contribution in [0.15, 0.2) is 0 Å². The third kappa shape index (κ3) is 15.7. The smallest absolute Gasteiger partial charge is 0.224 e. The van der Waals surface area contributed by atoms with Crippen LogP contribution in [0.25, 0.3) is 0 Å². The Bertz CT molecular complexity index is 631. The van der Waals surface area contributed by atoms with E-state index in [0.717, 1.165) is 57.8 Å². The van der Waals surface area contributed by atoms with E-state index in [9.17, 15) is 14.4 Å². The van der Waals surface area contributed by atoms with Crippen LogP contribution in [0.2, 0.25) is 0 Å². The highest BCUT2D eigenvalue weighted by atomic mass is 16.2. The summed E-state index contributed by atoms with van der Waals surface area (Å²) in [6, 6.07) is 0. The van der Waals surface area contributed by atoms with Crippen LogP contribution in [0.1, 0.15) is 133 Å². The Morgan fingerprint density at radius 2 is 0.821 bits per heavy atom. The van der Waals surface area contributed by atoms with Gasteiger partial charge in [-0.15, -0.1) is 0 Å². The van der Waals surface area contributed by atoms with Crippen molar-refractivity contribution in [3.8, 4) is 0 Å². The van der Waals surface area contributed by atoms with E-state index in [-0.39, 0.29) is 30.6 Å². The zero-order valence-corrected chi connectivity index (χ0v) is 27.2. The standard InChI is InChI=1S/C33H65N3O3/c1-10-16-27(13-4)24(7)21-34-31(37)19-30(33(39)36-23-26(9)29(15-6)18-12-3)20-32(38)35-22-25(8)28(14-5)17-11-2/h24-30H,10-23H2,1-9H3,(H,34,37)(H,35,38)(H,36,39). The Hall–Kier alpha value is -1.59. The lowest BCUT2D eigenvalue weighted by Gasteiger charge is -2.25. The molecule has 0 rings (SSSR count). The molecule has 0 aromatic carbocycles. The quantitative estimate of drug-likeness (QED) is 0.126. The Labute approximate surface area is 242 Å². The Morgan fingerprint density at radius 3 is 1.10 bits per heavy atom. The van der Waals surface area contributed by atoms with Crippen LogP contribution in [0.4, 0.5) is 0 Å². The Morgan fingerprint density at radius 1 is 0.513 bits per heavy atom. The van der Waals surface area contributed by atoms with Gasteiger partial charge in [-0.1, -0.05) is 120 Å². The van der Waals surface area contributed by atoms with Gasteiger partial charge < -0.3 is 16.0 Å². The highest BCUT2D eigenvalue weighted by molar-refractivity contribution is 5.90. The molecule has 3 N–H and O–H groups in total. The molecule has 0 saturated heterocycles. The van der Waals surface area contributed by atoms with Gasteiger partial charge in [0.05, 0.1) is 5.92 Å². The first-order chi connectivity index (χ1) is 18.6. The summed E-state index contributed by atoms with van der Waals surface area (Å²) in [6.45, 7) is 21.5. The average molecular weight is 552 g/mol. The van der Waals surface area contributed by atoms with Gasteiger partial charge in [0, 0.05) is 32.5 Å². The summed E-state index contributed by atoms with van der Waals surface area (Å²) in [6.07, 6.45) is 10.2. The van der Waals surface area contributed by atoms with Crippen LogP contribution in [0, 0.1) is 41.4 Å². The molecule has 0 fully saturated rings. The van der Waals surface area contributed by atoms with E-state index in [1.54, 1.807) is 0 Å². The summed E-state index contributed by atoms with van der Waals surface area (Å²) < 4.78 is 0. The molecule has 6 nitrogen and oxygen atoms in total. The van der Waals surface area contributed by atoms with Gasteiger partial charge >= 0.3 is 0 Å². The maximum atomic E-state index is 13.3. The Balaban J connectivity index is 5.24. The monoisotopic (exact) mass is 552 g/mol. The van der Waals surface area contributed by atoms with Crippen molar-refractivity contribution in [3.63, 3.8) is 0 Å². The minimum atomic E-state index is -0.663. The van der Waals surface area contributed by atoms with Gasteiger partial charge in [0.25, 0.3) is 0 Å². The summed E-state index contributed by atoms with van der Waals surface area (Å²) >= 11 is 0.